The van der Waals surface area contributed by atoms with E-state index >= 15 is 0 Å². The smallest absolute Gasteiger partial charge is 0.143 e. The summed E-state index contributed by atoms with van der Waals surface area (Å²) < 4.78 is 0. The number of rotatable bonds is 3. The minimum atomic E-state index is 0.468. The molecule has 1 aromatic heterocycles. The van der Waals surface area contributed by atoms with Crippen molar-refractivity contribution in [3.63, 3.8) is 0 Å². The molecule has 0 amide bonds. The Bertz CT molecular complexity index is 506. The molecular weight excluding hydrogens is 230 g/mol. The van der Waals surface area contributed by atoms with Gasteiger partial charge in [-0.05, 0) is 19.4 Å². The largest absolute Gasteiger partial charge is 0.382 e. The fourth-order valence-electron chi connectivity index (χ4n) is 1.74. The van der Waals surface area contributed by atoms with Crippen molar-refractivity contribution in [1.82, 2.24) is 9.97 Å². The van der Waals surface area contributed by atoms with E-state index < -0.39 is 0 Å². The summed E-state index contributed by atoms with van der Waals surface area (Å²) >= 11 is 1.65. The molecule has 88 valence electrons. The Hall–Kier alpha value is -1.55. The van der Waals surface area contributed by atoms with Crippen LogP contribution in [0.3, 0.4) is 0 Å². The zero-order valence-electron chi connectivity index (χ0n) is 9.97. The number of aromatic nitrogens is 2. The first-order valence-electron chi connectivity index (χ1n) is 5.41. The molecule has 0 aliphatic rings. The minimum absolute atomic E-state index is 0.468. The maximum Gasteiger partial charge on any atom is 0.143 e. The number of anilines is 1. The van der Waals surface area contributed by atoms with Gasteiger partial charge < -0.3 is 5.73 Å². The predicted octanol–water partition coefficient (Wildman–Crippen LogP) is 2.97. The lowest BCUT2D eigenvalue weighted by Crippen LogP contribution is -1.93. The molecule has 2 rings (SSSR count). The first kappa shape index (κ1) is 11.9. The number of benzene rings is 1. The summed E-state index contributed by atoms with van der Waals surface area (Å²) in [5, 5.41) is 0.865. The topological polar surface area (TPSA) is 51.8 Å². The number of hydrogen-bond donors (Lipinski definition) is 1. The van der Waals surface area contributed by atoms with E-state index in [1.54, 1.807) is 24.2 Å². The highest BCUT2D eigenvalue weighted by Gasteiger charge is 2.00. The van der Waals surface area contributed by atoms with Crippen LogP contribution in [0.2, 0.25) is 0 Å². The number of nitrogen functional groups attached to an aromatic ring is 1. The standard InChI is InChI=1S/C13H15N3S/c1-9-3-10(2)5-11(4-9)8-17-13-7-15-6-12(14)16-13/h3-7H,8H2,1-2H3,(H2,14,16). The van der Waals surface area contributed by atoms with Crippen LogP contribution in [0.1, 0.15) is 16.7 Å². The van der Waals surface area contributed by atoms with Gasteiger partial charge in [0.05, 0.1) is 12.4 Å². The van der Waals surface area contributed by atoms with Crippen LogP contribution in [0.25, 0.3) is 0 Å². The third-order valence-corrected chi connectivity index (χ3v) is 3.27. The Labute approximate surface area is 105 Å². The molecule has 0 radical (unpaired) electrons. The highest BCUT2D eigenvalue weighted by atomic mass is 32.2. The summed E-state index contributed by atoms with van der Waals surface area (Å²) in [4.78, 5) is 8.23. The highest BCUT2D eigenvalue weighted by molar-refractivity contribution is 7.98. The third-order valence-electron chi connectivity index (χ3n) is 2.30. The van der Waals surface area contributed by atoms with Crippen LogP contribution in [0.4, 0.5) is 5.82 Å². The number of aryl methyl sites for hydroxylation is 2. The number of nitrogens with zero attached hydrogens (tertiary/aromatic N) is 2. The van der Waals surface area contributed by atoms with E-state index in [0.717, 1.165) is 10.8 Å². The Balaban J connectivity index is 2.07. The molecule has 0 unspecified atom stereocenters. The highest BCUT2D eigenvalue weighted by Crippen LogP contribution is 2.22. The van der Waals surface area contributed by atoms with E-state index in [-0.39, 0.29) is 0 Å². The molecule has 4 heteroatoms. The SMILES string of the molecule is Cc1cc(C)cc(CSc2cncc(N)n2)c1. The molecule has 17 heavy (non-hydrogen) atoms. The first-order valence-corrected chi connectivity index (χ1v) is 6.39. The summed E-state index contributed by atoms with van der Waals surface area (Å²) in [7, 11) is 0. The molecular formula is C13H15N3S. The van der Waals surface area contributed by atoms with Crippen LogP contribution in [0, 0.1) is 13.8 Å². The van der Waals surface area contributed by atoms with E-state index in [4.69, 9.17) is 5.73 Å². The van der Waals surface area contributed by atoms with Gasteiger partial charge >= 0.3 is 0 Å². The molecule has 2 aromatic rings. The van der Waals surface area contributed by atoms with E-state index in [0.29, 0.717) is 5.82 Å². The fraction of sp³-hybridized carbons (Fsp3) is 0.231. The summed E-state index contributed by atoms with van der Waals surface area (Å²) in [6.45, 7) is 4.23. The molecule has 0 fully saturated rings. The Morgan fingerprint density at radius 2 is 1.82 bits per heavy atom. The van der Waals surface area contributed by atoms with Crippen LogP contribution < -0.4 is 5.73 Å². The van der Waals surface area contributed by atoms with Crippen molar-refractivity contribution in [3.05, 3.63) is 47.3 Å². The van der Waals surface area contributed by atoms with Crippen LogP contribution in [0.15, 0.2) is 35.6 Å². The molecule has 3 nitrogen and oxygen atoms in total. The predicted molar refractivity (Wildman–Crippen MR) is 71.9 cm³/mol. The van der Waals surface area contributed by atoms with E-state index in [9.17, 15) is 0 Å². The van der Waals surface area contributed by atoms with Crippen LogP contribution in [-0.4, -0.2) is 9.97 Å². The Morgan fingerprint density at radius 3 is 2.47 bits per heavy atom. The van der Waals surface area contributed by atoms with E-state index in [1.807, 2.05) is 0 Å². The second kappa shape index (κ2) is 5.19. The van der Waals surface area contributed by atoms with Gasteiger partial charge in [0, 0.05) is 5.75 Å². The number of thioether (sulfide) groups is 1. The average molecular weight is 245 g/mol. The molecule has 0 saturated heterocycles. The van der Waals surface area contributed by atoms with Crippen LogP contribution >= 0.6 is 11.8 Å². The lowest BCUT2D eigenvalue weighted by Gasteiger charge is -2.04. The summed E-state index contributed by atoms with van der Waals surface area (Å²) in [6.07, 6.45) is 3.30. The number of nitrogens with two attached hydrogens (primary N) is 1. The summed E-state index contributed by atoms with van der Waals surface area (Å²) in [6, 6.07) is 6.56. The monoisotopic (exact) mass is 245 g/mol. The summed E-state index contributed by atoms with van der Waals surface area (Å²) in [5.74, 6) is 1.36. The molecule has 2 N–H and O–H groups in total. The van der Waals surface area contributed by atoms with Crippen molar-refractivity contribution in [3.8, 4) is 0 Å². The average Bonchev–Trinajstić information content (AvgIpc) is 2.25. The van der Waals surface area contributed by atoms with E-state index in [1.165, 1.54) is 16.7 Å². The Morgan fingerprint density at radius 1 is 1.12 bits per heavy atom. The van der Waals surface area contributed by atoms with Crippen molar-refractivity contribution in [2.45, 2.75) is 24.6 Å². The van der Waals surface area contributed by atoms with Gasteiger partial charge in [0.25, 0.3) is 0 Å². The van der Waals surface area contributed by atoms with Crippen LogP contribution in [-0.2, 0) is 5.75 Å². The van der Waals surface area contributed by atoms with Crippen molar-refractivity contribution in [1.29, 1.82) is 0 Å². The molecule has 1 aromatic carbocycles. The molecule has 0 bridgehead atoms. The number of hydrogen-bond acceptors (Lipinski definition) is 4. The normalized spacial score (nSPS) is 10.5. The lowest BCUT2D eigenvalue weighted by molar-refractivity contribution is 1.07. The summed E-state index contributed by atoms with van der Waals surface area (Å²) in [5.41, 5.74) is 9.47. The quantitative estimate of drug-likeness (QED) is 0.845. The second-order valence-corrected chi connectivity index (χ2v) is 5.06. The van der Waals surface area contributed by atoms with Crippen molar-refractivity contribution in [2.75, 3.05) is 5.73 Å². The molecule has 0 saturated carbocycles. The minimum Gasteiger partial charge on any atom is -0.382 e. The van der Waals surface area contributed by atoms with E-state index in [2.05, 4.69) is 42.0 Å². The Kier molecular flexibility index (Phi) is 3.64. The van der Waals surface area contributed by atoms with Gasteiger partial charge in [-0.25, -0.2) is 4.98 Å². The fourth-order valence-corrected chi connectivity index (χ4v) is 2.53. The van der Waals surface area contributed by atoms with Crippen molar-refractivity contribution >= 4 is 17.6 Å². The van der Waals surface area contributed by atoms with Gasteiger partial charge in [-0.1, -0.05) is 29.3 Å². The van der Waals surface area contributed by atoms with Gasteiger partial charge in [0.1, 0.15) is 10.8 Å². The molecule has 0 spiro atoms. The molecule has 0 atom stereocenters. The first-order chi connectivity index (χ1) is 8.13. The zero-order valence-corrected chi connectivity index (χ0v) is 10.8. The molecule has 1 heterocycles. The third kappa shape index (κ3) is 3.46. The maximum absolute atomic E-state index is 5.59. The maximum atomic E-state index is 5.59. The van der Waals surface area contributed by atoms with Gasteiger partial charge in [-0.3, -0.25) is 4.98 Å². The van der Waals surface area contributed by atoms with Crippen molar-refractivity contribution < 1.29 is 0 Å². The lowest BCUT2D eigenvalue weighted by atomic mass is 10.1. The molecule has 0 aliphatic carbocycles. The van der Waals surface area contributed by atoms with Gasteiger partial charge in [0.15, 0.2) is 0 Å². The van der Waals surface area contributed by atoms with Gasteiger partial charge in [-0.15, -0.1) is 11.8 Å². The van der Waals surface area contributed by atoms with Crippen LogP contribution in [0.5, 0.6) is 0 Å². The zero-order chi connectivity index (χ0) is 12.3. The van der Waals surface area contributed by atoms with Gasteiger partial charge in [0.2, 0.25) is 0 Å². The molecule has 0 aliphatic heterocycles. The second-order valence-electron chi connectivity index (χ2n) is 4.07. The van der Waals surface area contributed by atoms with Gasteiger partial charge in [-0.2, -0.15) is 0 Å². The van der Waals surface area contributed by atoms with Crippen molar-refractivity contribution in [2.24, 2.45) is 0 Å².